The number of para-hydroxylation sites is 1. The van der Waals surface area contributed by atoms with Gasteiger partial charge in [-0.05, 0) is 44.2 Å². The van der Waals surface area contributed by atoms with E-state index in [4.69, 9.17) is 4.74 Å². The molecule has 0 bridgehead atoms. The van der Waals surface area contributed by atoms with E-state index in [-0.39, 0.29) is 5.82 Å². The van der Waals surface area contributed by atoms with E-state index in [1.165, 1.54) is 22.5 Å². The van der Waals surface area contributed by atoms with Crippen LogP contribution in [0.25, 0.3) is 10.9 Å². The van der Waals surface area contributed by atoms with Gasteiger partial charge in [0.15, 0.2) is 11.6 Å². The minimum absolute atomic E-state index is 0.293. The molecule has 1 heterocycles. The van der Waals surface area contributed by atoms with Gasteiger partial charge in [0.1, 0.15) is 6.61 Å². The fourth-order valence-electron chi connectivity index (χ4n) is 2.65. The summed E-state index contributed by atoms with van der Waals surface area (Å²) in [5.41, 5.74) is 3.48. The first-order valence-corrected chi connectivity index (χ1v) is 7.15. The van der Waals surface area contributed by atoms with Crippen molar-refractivity contribution in [3.8, 4) is 5.75 Å². The van der Waals surface area contributed by atoms with Gasteiger partial charge in [0, 0.05) is 17.4 Å². The van der Waals surface area contributed by atoms with Crippen molar-refractivity contribution in [1.29, 1.82) is 0 Å². The molecule has 21 heavy (non-hydrogen) atoms. The normalized spacial score (nSPS) is 11.0. The lowest BCUT2D eigenvalue weighted by atomic mass is 10.2. The summed E-state index contributed by atoms with van der Waals surface area (Å²) in [4.78, 5) is 0. The van der Waals surface area contributed by atoms with Crippen LogP contribution in [-0.2, 0) is 13.2 Å². The first-order valence-electron chi connectivity index (χ1n) is 7.15. The fourth-order valence-corrected chi connectivity index (χ4v) is 2.65. The molecule has 0 unspecified atom stereocenters. The van der Waals surface area contributed by atoms with Crippen molar-refractivity contribution in [2.24, 2.45) is 0 Å². The lowest BCUT2D eigenvalue weighted by Crippen LogP contribution is -2.05. The molecule has 0 saturated carbocycles. The first-order chi connectivity index (χ1) is 10.2. The number of aryl methyl sites for hydroxylation is 2. The average molecular weight is 283 g/mol. The Balaban J connectivity index is 1.92. The third-order valence-electron chi connectivity index (χ3n) is 3.67. The number of ether oxygens (including phenoxy) is 1. The fraction of sp³-hybridized carbons (Fsp3) is 0.222. The van der Waals surface area contributed by atoms with Crippen molar-refractivity contribution in [2.45, 2.75) is 27.0 Å². The molecule has 3 heteroatoms. The van der Waals surface area contributed by atoms with Gasteiger partial charge < -0.3 is 9.30 Å². The van der Waals surface area contributed by atoms with Gasteiger partial charge in [0.25, 0.3) is 0 Å². The zero-order chi connectivity index (χ0) is 14.8. The molecule has 0 spiro atoms. The van der Waals surface area contributed by atoms with Gasteiger partial charge in [0.05, 0.1) is 5.69 Å². The van der Waals surface area contributed by atoms with E-state index in [1.807, 2.05) is 0 Å². The van der Waals surface area contributed by atoms with Crippen molar-refractivity contribution < 1.29 is 9.13 Å². The van der Waals surface area contributed by atoms with E-state index in [0.29, 0.717) is 12.4 Å². The minimum Gasteiger partial charge on any atom is -0.484 e. The van der Waals surface area contributed by atoms with Crippen LogP contribution in [0.15, 0.2) is 48.5 Å². The molecule has 1 aromatic heterocycles. The summed E-state index contributed by atoms with van der Waals surface area (Å²) in [6.45, 7) is 5.41. The smallest absolute Gasteiger partial charge is 0.165 e. The number of fused-ring (bicyclic) bond motifs is 1. The van der Waals surface area contributed by atoms with Crippen LogP contribution in [0.2, 0.25) is 0 Å². The molecule has 0 atom stereocenters. The highest BCUT2D eigenvalue weighted by Crippen LogP contribution is 2.23. The third-order valence-corrected chi connectivity index (χ3v) is 3.67. The van der Waals surface area contributed by atoms with Crippen LogP contribution in [0.5, 0.6) is 5.75 Å². The Morgan fingerprint density at radius 1 is 1.10 bits per heavy atom. The Kier molecular flexibility index (Phi) is 3.65. The highest BCUT2D eigenvalue weighted by Gasteiger charge is 2.09. The van der Waals surface area contributed by atoms with Crippen LogP contribution in [0, 0.1) is 12.7 Å². The summed E-state index contributed by atoms with van der Waals surface area (Å²) in [5, 5.41) is 1.20. The molecule has 0 radical (unpaired) electrons. The Bertz CT molecular complexity index is 776. The molecule has 0 aliphatic carbocycles. The maximum Gasteiger partial charge on any atom is 0.165 e. The molecule has 108 valence electrons. The highest BCUT2D eigenvalue weighted by molar-refractivity contribution is 5.82. The van der Waals surface area contributed by atoms with Gasteiger partial charge in [-0.3, -0.25) is 0 Å². The maximum atomic E-state index is 13.6. The standard InChI is InChI=1S/C18H18FNO/c1-3-20-15(11-14-10-13(2)8-9-17(14)20)12-21-18-7-5-4-6-16(18)19/h4-11H,3,12H2,1-2H3. The SMILES string of the molecule is CCn1c(COc2ccccc2F)cc2cc(C)ccc21. The second-order valence-electron chi connectivity index (χ2n) is 5.16. The van der Waals surface area contributed by atoms with Crippen LogP contribution in [0.3, 0.4) is 0 Å². The summed E-state index contributed by atoms with van der Waals surface area (Å²) in [6.07, 6.45) is 0. The number of aromatic nitrogens is 1. The molecule has 0 saturated heterocycles. The summed E-state index contributed by atoms with van der Waals surface area (Å²) < 4.78 is 21.4. The first kappa shape index (κ1) is 13.7. The van der Waals surface area contributed by atoms with Gasteiger partial charge in [-0.25, -0.2) is 4.39 Å². The number of nitrogens with zero attached hydrogens (tertiary/aromatic N) is 1. The number of halogens is 1. The second-order valence-corrected chi connectivity index (χ2v) is 5.16. The van der Waals surface area contributed by atoms with E-state index in [9.17, 15) is 4.39 Å². The topological polar surface area (TPSA) is 14.2 Å². The monoisotopic (exact) mass is 283 g/mol. The van der Waals surface area contributed by atoms with E-state index in [1.54, 1.807) is 18.2 Å². The molecule has 2 aromatic carbocycles. The molecule has 3 rings (SSSR count). The summed E-state index contributed by atoms with van der Waals surface area (Å²) >= 11 is 0. The highest BCUT2D eigenvalue weighted by atomic mass is 19.1. The van der Waals surface area contributed by atoms with Crippen LogP contribution >= 0.6 is 0 Å². The van der Waals surface area contributed by atoms with E-state index in [2.05, 4.69) is 42.7 Å². The second kappa shape index (κ2) is 5.60. The summed E-state index contributed by atoms with van der Waals surface area (Å²) in [7, 11) is 0. The molecule has 0 aliphatic heterocycles. The predicted octanol–water partition coefficient (Wildman–Crippen LogP) is 4.69. The lowest BCUT2D eigenvalue weighted by Gasteiger charge is -2.10. The Morgan fingerprint density at radius 3 is 2.67 bits per heavy atom. The molecule has 3 aromatic rings. The average Bonchev–Trinajstić information content (AvgIpc) is 2.82. The quantitative estimate of drug-likeness (QED) is 0.677. The van der Waals surface area contributed by atoms with Gasteiger partial charge in [-0.1, -0.05) is 23.8 Å². The van der Waals surface area contributed by atoms with Gasteiger partial charge in [-0.2, -0.15) is 0 Å². The number of hydrogen-bond acceptors (Lipinski definition) is 1. The number of rotatable bonds is 4. The van der Waals surface area contributed by atoms with Crippen LogP contribution in [0.1, 0.15) is 18.2 Å². The maximum absolute atomic E-state index is 13.6. The van der Waals surface area contributed by atoms with Crippen molar-refractivity contribution in [3.05, 3.63) is 65.6 Å². The number of hydrogen-bond donors (Lipinski definition) is 0. The molecule has 0 fully saturated rings. The van der Waals surface area contributed by atoms with Crippen molar-refractivity contribution in [1.82, 2.24) is 4.57 Å². The zero-order valence-corrected chi connectivity index (χ0v) is 12.3. The van der Waals surface area contributed by atoms with Crippen LogP contribution in [-0.4, -0.2) is 4.57 Å². The number of benzene rings is 2. The van der Waals surface area contributed by atoms with E-state index < -0.39 is 0 Å². The van der Waals surface area contributed by atoms with Crippen LogP contribution in [0.4, 0.5) is 4.39 Å². The Morgan fingerprint density at radius 2 is 1.90 bits per heavy atom. The molecular formula is C18H18FNO. The van der Waals surface area contributed by atoms with Crippen LogP contribution < -0.4 is 4.74 Å². The Hall–Kier alpha value is -2.29. The van der Waals surface area contributed by atoms with Crippen molar-refractivity contribution in [2.75, 3.05) is 0 Å². The summed E-state index contributed by atoms with van der Waals surface area (Å²) in [6, 6.07) is 15.0. The third kappa shape index (κ3) is 2.64. The van der Waals surface area contributed by atoms with E-state index in [0.717, 1.165) is 12.2 Å². The molecule has 0 amide bonds. The van der Waals surface area contributed by atoms with Gasteiger partial charge in [-0.15, -0.1) is 0 Å². The minimum atomic E-state index is -0.326. The molecule has 0 aliphatic rings. The summed E-state index contributed by atoms with van der Waals surface area (Å²) in [5.74, 6) is -0.0332. The van der Waals surface area contributed by atoms with Gasteiger partial charge >= 0.3 is 0 Å². The van der Waals surface area contributed by atoms with E-state index >= 15 is 0 Å². The van der Waals surface area contributed by atoms with Gasteiger partial charge in [0.2, 0.25) is 0 Å². The molecule has 2 nitrogen and oxygen atoms in total. The molecular weight excluding hydrogens is 265 g/mol. The molecule has 0 N–H and O–H groups in total. The van der Waals surface area contributed by atoms with Crippen molar-refractivity contribution >= 4 is 10.9 Å². The lowest BCUT2D eigenvalue weighted by molar-refractivity contribution is 0.281. The largest absolute Gasteiger partial charge is 0.484 e. The Labute approximate surface area is 123 Å². The predicted molar refractivity (Wildman–Crippen MR) is 83.1 cm³/mol. The zero-order valence-electron chi connectivity index (χ0n) is 12.3. The van der Waals surface area contributed by atoms with Crippen molar-refractivity contribution in [3.63, 3.8) is 0 Å².